The Morgan fingerprint density at radius 3 is 2.25 bits per heavy atom. The standard InChI is InChI=1S/C3H6.Sb.2H/c1-3-2;;;/h3H,1H2,2H3;;;. The molecule has 0 aliphatic carbocycles. The molecule has 1 heteroatoms. The second-order valence-electron chi connectivity index (χ2n) is 0.644. The van der Waals surface area contributed by atoms with Crippen LogP contribution in [0.25, 0.3) is 0 Å². The minimum absolute atomic E-state index is 1.32. The van der Waals surface area contributed by atoms with E-state index in [9.17, 15) is 0 Å². The third-order valence-electron chi connectivity index (χ3n) is 0.236. The van der Waals surface area contributed by atoms with Gasteiger partial charge >= 0.3 is 40.7 Å². The van der Waals surface area contributed by atoms with Gasteiger partial charge in [-0.1, -0.05) is 0 Å². The van der Waals surface area contributed by atoms with E-state index in [0.717, 1.165) is 0 Å². The van der Waals surface area contributed by atoms with Crippen molar-refractivity contribution >= 4 is 23.0 Å². The third-order valence-corrected chi connectivity index (χ3v) is 1.58. The van der Waals surface area contributed by atoms with Gasteiger partial charge in [-0.3, -0.25) is 0 Å². The summed E-state index contributed by atoms with van der Waals surface area (Å²) in [6.07, 6.45) is 2.18. The van der Waals surface area contributed by atoms with E-state index in [4.69, 9.17) is 0 Å². The van der Waals surface area contributed by atoms with Crippen molar-refractivity contribution in [2.45, 2.75) is 11.3 Å². The average molecular weight is 166 g/mol. The normalized spacial score (nSPS) is 7.50. The van der Waals surface area contributed by atoms with Crippen molar-refractivity contribution in [2.75, 3.05) is 0 Å². The van der Waals surface area contributed by atoms with Crippen LogP contribution >= 0.6 is 0 Å². The van der Waals surface area contributed by atoms with E-state index in [-0.39, 0.29) is 0 Å². The molecule has 0 aliphatic heterocycles. The molecular formula is C3H8Sb. The SMILES string of the molecule is C[CH][CH2][SbH2]. The quantitative estimate of drug-likeness (QED) is 0.490. The van der Waals surface area contributed by atoms with Gasteiger partial charge in [0, 0.05) is 0 Å². The van der Waals surface area contributed by atoms with Crippen molar-refractivity contribution < 1.29 is 0 Å². The summed E-state index contributed by atoms with van der Waals surface area (Å²) in [6, 6.07) is 0. The van der Waals surface area contributed by atoms with Crippen molar-refractivity contribution in [1.29, 1.82) is 0 Å². The van der Waals surface area contributed by atoms with Gasteiger partial charge in [0.15, 0.2) is 0 Å². The topological polar surface area (TPSA) is 0 Å². The average Bonchev–Trinajstić information content (AvgIpc) is 1.37. The molecule has 0 spiro atoms. The molecule has 0 aromatic rings. The Kier molecular flexibility index (Phi) is 4.60. The second-order valence-corrected chi connectivity index (χ2v) is 1.99. The van der Waals surface area contributed by atoms with Gasteiger partial charge < -0.3 is 0 Å². The summed E-state index contributed by atoms with van der Waals surface area (Å²) < 4.78 is 1.32. The first-order chi connectivity index (χ1) is 1.91. The molecule has 0 saturated carbocycles. The maximum absolute atomic E-state index is 2.18. The zero-order chi connectivity index (χ0) is 3.41. The molecule has 0 amide bonds. The van der Waals surface area contributed by atoms with Crippen LogP contribution in [-0.2, 0) is 0 Å². The Morgan fingerprint density at radius 1 is 2.00 bits per heavy atom. The van der Waals surface area contributed by atoms with Crippen LogP contribution in [0.2, 0.25) is 4.37 Å². The molecule has 0 unspecified atom stereocenters. The summed E-state index contributed by atoms with van der Waals surface area (Å²) in [5, 5.41) is 0. The zero-order valence-electron chi connectivity index (χ0n) is 2.86. The van der Waals surface area contributed by atoms with Crippen LogP contribution in [0.5, 0.6) is 0 Å². The van der Waals surface area contributed by atoms with Crippen molar-refractivity contribution in [1.82, 2.24) is 0 Å². The van der Waals surface area contributed by atoms with Gasteiger partial charge in [0.2, 0.25) is 0 Å². The molecule has 25 valence electrons. The van der Waals surface area contributed by atoms with E-state index in [0.29, 0.717) is 0 Å². The molecule has 0 heterocycles. The Bertz CT molecular complexity index is 5.25. The van der Waals surface area contributed by atoms with E-state index >= 15 is 0 Å². The first kappa shape index (κ1) is 4.82. The van der Waals surface area contributed by atoms with Gasteiger partial charge in [-0.05, 0) is 0 Å². The fourth-order valence-corrected chi connectivity index (χ4v) is 0. The number of rotatable bonds is 1. The van der Waals surface area contributed by atoms with Gasteiger partial charge in [0.25, 0.3) is 0 Å². The predicted octanol–water partition coefficient (Wildman–Crippen LogP) is 0.262. The van der Waals surface area contributed by atoms with Gasteiger partial charge in [0.1, 0.15) is 0 Å². The van der Waals surface area contributed by atoms with E-state index in [1.807, 2.05) is 0 Å². The van der Waals surface area contributed by atoms with Crippen molar-refractivity contribution in [2.24, 2.45) is 0 Å². The van der Waals surface area contributed by atoms with E-state index < -0.39 is 0 Å². The van der Waals surface area contributed by atoms with Crippen molar-refractivity contribution in [3.63, 3.8) is 0 Å². The van der Waals surface area contributed by atoms with Gasteiger partial charge in [-0.25, -0.2) is 0 Å². The van der Waals surface area contributed by atoms with Crippen LogP contribution in [0.3, 0.4) is 0 Å². The summed E-state index contributed by atoms with van der Waals surface area (Å²) in [4.78, 5) is 0. The molecular weight excluding hydrogens is 158 g/mol. The van der Waals surface area contributed by atoms with Gasteiger partial charge in [0.05, 0.1) is 0 Å². The van der Waals surface area contributed by atoms with Crippen LogP contribution in [0.15, 0.2) is 0 Å². The summed E-state index contributed by atoms with van der Waals surface area (Å²) in [6.45, 7) is 2.09. The zero-order valence-corrected chi connectivity index (χ0v) is 6.16. The van der Waals surface area contributed by atoms with Gasteiger partial charge in [-0.15, -0.1) is 0 Å². The molecule has 0 aromatic heterocycles. The summed E-state index contributed by atoms with van der Waals surface area (Å²) >= 11 is 1.38. The summed E-state index contributed by atoms with van der Waals surface area (Å²) in [7, 11) is 0. The molecule has 0 bridgehead atoms. The molecule has 0 aromatic carbocycles. The second kappa shape index (κ2) is 3.82. The van der Waals surface area contributed by atoms with Crippen molar-refractivity contribution in [3.05, 3.63) is 6.42 Å². The fourth-order valence-electron chi connectivity index (χ4n) is 0. The van der Waals surface area contributed by atoms with Crippen LogP contribution in [0.1, 0.15) is 6.92 Å². The molecule has 0 saturated heterocycles. The van der Waals surface area contributed by atoms with Crippen molar-refractivity contribution in [3.8, 4) is 0 Å². The minimum atomic E-state index is 1.32. The van der Waals surface area contributed by atoms with Crippen LogP contribution in [-0.4, -0.2) is 23.0 Å². The van der Waals surface area contributed by atoms with E-state index in [1.54, 1.807) is 0 Å². The third kappa shape index (κ3) is 2.82. The molecule has 0 fully saturated rings. The van der Waals surface area contributed by atoms with E-state index in [2.05, 4.69) is 13.3 Å². The molecule has 1 radical (unpaired) electrons. The molecule has 0 nitrogen and oxygen atoms in total. The van der Waals surface area contributed by atoms with Gasteiger partial charge in [-0.2, -0.15) is 0 Å². The van der Waals surface area contributed by atoms with Crippen LogP contribution in [0.4, 0.5) is 0 Å². The molecule has 0 N–H and O–H groups in total. The van der Waals surface area contributed by atoms with E-state index in [1.165, 1.54) is 27.4 Å². The monoisotopic (exact) mass is 165 g/mol. The molecule has 0 aliphatic rings. The number of hydrogen-bond acceptors (Lipinski definition) is 0. The summed E-state index contributed by atoms with van der Waals surface area (Å²) in [5.41, 5.74) is 0. The molecule has 0 atom stereocenters. The fraction of sp³-hybridized carbons (Fsp3) is 0.667. The maximum atomic E-state index is 2.18. The first-order valence-corrected chi connectivity index (χ1v) is 3.72. The van der Waals surface area contributed by atoms with Crippen LogP contribution in [0, 0.1) is 6.42 Å². The van der Waals surface area contributed by atoms with Crippen LogP contribution < -0.4 is 0 Å². The number of hydrogen-bond donors (Lipinski definition) is 0. The summed E-state index contributed by atoms with van der Waals surface area (Å²) in [5.74, 6) is 0. The Labute approximate surface area is 41.1 Å². The molecule has 4 heavy (non-hydrogen) atoms. The Balaban J connectivity index is 1.97. The predicted molar refractivity (Wildman–Crippen MR) is 23.3 cm³/mol. The molecule has 0 rings (SSSR count). The Morgan fingerprint density at radius 2 is 2.25 bits per heavy atom. The Hall–Kier alpha value is 0.818. The first-order valence-electron chi connectivity index (χ1n) is 1.39.